The maximum Gasteiger partial charge on any atom is 0.416 e. The Hall–Kier alpha value is -2.09. The SMILES string of the molecule is Cc1ccc(Nc2nc(C(=O)O)cs2)cc1C(F)(F)F. The first-order valence-electron chi connectivity index (χ1n) is 5.41. The van der Waals surface area contributed by atoms with E-state index in [0.29, 0.717) is 0 Å². The lowest BCUT2D eigenvalue weighted by Gasteiger charge is -2.12. The summed E-state index contributed by atoms with van der Waals surface area (Å²) in [7, 11) is 0. The van der Waals surface area contributed by atoms with Gasteiger partial charge in [0.15, 0.2) is 10.8 Å². The number of hydrogen-bond donors (Lipinski definition) is 2. The standard InChI is InChI=1S/C12H9F3N2O2S/c1-6-2-3-7(4-8(6)12(13,14)15)16-11-17-9(5-20-11)10(18)19/h2-5H,1H3,(H,16,17)(H,18,19). The second kappa shape index (κ2) is 5.12. The number of benzene rings is 1. The first kappa shape index (κ1) is 14.3. The Morgan fingerprint density at radius 3 is 2.65 bits per heavy atom. The van der Waals surface area contributed by atoms with Crippen LogP contribution in [0.1, 0.15) is 21.6 Å². The van der Waals surface area contributed by atoms with Crippen LogP contribution in [0.3, 0.4) is 0 Å². The Morgan fingerprint density at radius 1 is 1.40 bits per heavy atom. The van der Waals surface area contributed by atoms with Gasteiger partial charge in [0.25, 0.3) is 0 Å². The molecule has 0 aliphatic rings. The van der Waals surface area contributed by atoms with E-state index in [1.54, 1.807) is 0 Å². The van der Waals surface area contributed by atoms with E-state index in [0.717, 1.165) is 17.4 Å². The summed E-state index contributed by atoms with van der Waals surface area (Å²) in [6.07, 6.45) is -4.43. The molecule has 1 aromatic heterocycles. The largest absolute Gasteiger partial charge is 0.476 e. The van der Waals surface area contributed by atoms with E-state index >= 15 is 0 Å². The van der Waals surface area contributed by atoms with Crippen LogP contribution in [0.25, 0.3) is 0 Å². The molecule has 0 saturated carbocycles. The molecule has 0 fully saturated rings. The van der Waals surface area contributed by atoms with Crippen molar-refractivity contribution in [2.45, 2.75) is 13.1 Å². The molecule has 0 aliphatic carbocycles. The van der Waals surface area contributed by atoms with E-state index in [9.17, 15) is 18.0 Å². The molecule has 0 aliphatic heterocycles. The van der Waals surface area contributed by atoms with Gasteiger partial charge in [-0.15, -0.1) is 11.3 Å². The van der Waals surface area contributed by atoms with Crippen molar-refractivity contribution in [1.29, 1.82) is 0 Å². The third-order valence-electron chi connectivity index (χ3n) is 2.52. The average Bonchev–Trinajstić information content (AvgIpc) is 2.79. The zero-order chi connectivity index (χ0) is 14.9. The van der Waals surface area contributed by atoms with Crippen molar-refractivity contribution >= 4 is 28.1 Å². The number of aryl methyl sites for hydroxylation is 1. The minimum absolute atomic E-state index is 0.119. The summed E-state index contributed by atoms with van der Waals surface area (Å²) >= 11 is 1.01. The van der Waals surface area contributed by atoms with Crippen molar-refractivity contribution in [3.05, 3.63) is 40.4 Å². The molecule has 20 heavy (non-hydrogen) atoms. The number of thiazole rings is 1. The number of aromatic nitrogens is 1. The number of hydrogen-bond acceptors (Lipinski definition) is 4. The summed E-state index contributed by atoms with van der Waals surface area (Å²) in [4.78, 5) is 14.4. The lowest BCUT2D eigenvalue weighted by atomic mass is 10.1. The van der Waals surface area contributed by atoms with Crippen LogP contribution in [-0.4, -0.2) is 16.1 Å². The van der Waals surface area contributed by atoms with Crippen LogP contribution in [0.5, 0.6) is 0 Å². The fourth-order valence-corrected chi connectivity index (χ4v) is 2.26. The predicted molar refractivity (Wildman–Crippen MR) is 68.5 cm³/mol. The summed E-state index contributed by atoms with van der Waals surface area (Å²) < 4.78 is 38.3. The average molecular weight is 302 g/mol. The van der Waals surface area contributed by atoms with Crippen LogP contribution in [0.4, 0.5) is 24.0 Å². The van der Waals surface area contributed by atoms with Crippen LogP contribution in [0.15, 0.2) is 23.6 Å². The second-order valence-electron chi connectivity index (χ2n) is 4.00. The number of anilines is 2. The molecule has 1 heterocycles. The molecule has 0 bridgehead atoms. The summed E-state index contributed by atoms with van der Waals surface area (Å²) in [6, 6.07) is 3.79. The molecule has 2 N–H and O–H groups in total. The van der Waals surface area contributed by atoms with Gasteiger partial charge in [0.05, 0.1) is 5.56 Å². The molecule has 0 saturated heterocycles. The fraction of sp³-hybridized carbons (Fsp3) is 0.167. The normalized spacial score (nSPS) is 11.4. The molecular weight excluding hydrogens is 293 g/mol. The van der Waals surface area contributed by atoms with Crippen molar-refractivity contribution in [2.75, 3.05) is 5.32 Å². The van der Waals surface area contributed by atoms with Gasteiger partial charge >= 0.3 is 12.1 Å². The first-order chi connectivity index (χ1) is 9.27. The van der Waals surface area contributed by atoms with Crippen molar-refractivity contribution < 1.29 is 23.1 Å². The predicted octanol–water partition coefficient (Wildman–Crippen LogP) is 3.91. The lowest BCUT2D eigenvalue weighted by molar-refractivity contribution is -0.138. The maximum absolute atomic E-state index is 12.8. The Labute approximate surface area is 115 Å². The van der Waals surface area contributed by atoms with Crippen molar-refractivity contribution in [2.24, 2.45) is 0 Å². The van der Waals surface area contributed by atoms with E-state index in [1.807, 2.05) is 0 Å². The van der Waals surface area contributed by atoms with Crippen molar-refractivity contribution in [3.8, 4) is 0 Å². The summed E-state index contributed by atoms with van der Waals surface area (Å²) in [6.45, 7) is 1.37. The van der Waals surface area contributed by atoms with Gasteiger partial charge in [0, 0.05) is 11.1 Å². The smallest absolute Gasteiger partial charge is 0.416 e. The fourth-order valence-electron chi connectivity index (χ4n) is 1.56. The van der Waals surface area contributed by atoms with Gasteiger partial charge in [-0.2, -0.15) is 13.2 Å². The number of carboxylic acids is 1. The van der Waals surface area contributed by atoms with Crippen LogP contribution in [0.2, 0.25) is 0 Å². The Kier molecular flexibility index (Phi) is 3.67. The molecule has 2 rings (SSSR count). The van der Waals surface area contributed by atoms with E-state index in [4.69, 9.17) is 5.11 Å². The highest BCUT2D eigenvalue weighted by atomic mass is 32.1. The number of nitrogens with zero attached hydrogens (tertiary/aromatic N) is 1. The molecule has 106 valence electrons. The van der Waals surface area contributed by atoms with Gasteiger partial charge in [-0.25, -0.2) is 9.78 Å². The molecule has 0 amide bonds. The van der Waals surface area contributed by atoms with E-state index < -0.39 is 17.7 Å². The Morgan fingerprint density at radius 2 is 2.10 bits per heavy atom. The zero-order valence-corrected chi connectivity index (χ0v) is 11.0. The minimum atomic E-state index is -4.43. The van der Waals surface area contributed by atoms with Gasteiger partial charge in [0.1, 0.15) is 0 Å². The van der Waals surface area contributed by atoms with E-state index in [-0.39, 0.29) is 22.1 Å². The molecule has 0 spiro atoms. The highest BCUT2D eigenvalue weighted by Gasteiger charge is 2.32. The topological polar surface area (TPSA) is 62.2 Å². The quantitative estimate of drug-likeness (QED) is 0.902. The molecule has 4 nitrogen and oxygen atoms in total. The molecule has 0 unspecified atom stereocenters. The summed E-state index contributed by atoms with van der Waals surface area (Å²) in [5, 5.41) is 12.9. The summed E-state index contributed by atoms with van der Waals surface area (Å²) in [5.41, 5.74) is -0.569. The van der Waals surface area contributed by atoms with Gasteiger partial charge in [-0.05, 0) is 24.6 Å². The van der Waals surface area contributed by atoms with Crippen LogP contribution in [0, 0.1) is 6.92 Å². The number of alkyl halides is 3. The Bertz CT molecular complexity index is 652. The van der Waals surface area contributed by atoms with Gasteiger partial charge in [-0.3, -0.25) is 0 Å². The molecular formula is C12H9F3N2O2S. The third-order valence-corrected chi connectivity index (χ3v) is 3.28. The number of nitrogens with one attached hydrogen (secondary N) is 1. The van der Waals surface area contributed by atoms with Crippen LogP contribution < -0.4 is 5.32 Å². The van der Waals surface area contributed by atoms with E-state index in [2.05, 4.69) is 10.3 Å². The lowest BCUT2D eigenvalue weighted by Crippen LogP contribution is -2.08. The third kappa shape index (κ3) is 3.08. The van der Waals surface area contributed by atoms with Crippen molar-refractivity contribution in [3.63, 3.8) is 0 Å². The van der Waals surface area contributed by atoms with Gasteiger partial charge < -0.3 is 10.4 Å². The van der Waals surface area contributed by atoms with Crippen LogP contribution in [-0.2, 0) is 6.18 Å². The Balaban J connectivity index is 2.27. The molecule has 0 atom stereocenters. The van der Waals surface area contributed by atoms with E-state index in [1.165, 1.54) is 24.4 Å². The minimum Gasteiger partial charge on any atom is -0.476 e. The van der Waals surface area contributed by atoms with Crippen LogP contribution >= 0.6 is 11.3 Å². The second-order valence-corrected chi connectivity index (χ2v) is 4.85. The monoisotopic (exact) mass is 302 g/mol. The first-order valence-corrected chi connectivity index (χ1v) is 6.29. The van der Waals surface area contributed by atoms with Gasteiger partial charge in [-0.1, -0.05) is 6.07 Å². The number of aromatic carboxylic acids is 1. The number of carbonyl (C=O) groups is 1. The number of rotatable bonds is 3. The molecule has 8 heteroatoms. The summed E-state index contributed by atoms with van der Waals surface area (Å²) in [5.74, 6) is -1.19. The van der Waals surface area contributed by atoms with Gasteiger partial charge in [0.2, 0.25) is 0 Å². The maximum atomic E-state index is 12.8. The molecule has 0 radical (unpaired) electrons. The molecule has 1 aromatic carbocycles. The number of halogens is 3. The van der Waals surface area contributed by atoms with Crippen molar-refractivity contribution in [1.82, 2.24) is 4.98 Å². The number of carboxylic acid groups (broad SMARTS) is 1. The zero-order valence-electron chi connectivity index (χ0n) is 10.2. The highest BCUT2D eigenvalue weighted by molar-refractivity contribution is 7.14. The highest BCUT2D eigenvalue weighted by Crippen LogP contribution is 2.34. The molecule has 2 aromatic rings.